The first kappa shape index (κ1) is 23.2. The Balaban J connectivity index is 0.00000529. The fourth-order valence-electron chi connectivity index (χ4n) is 2.88. The van der Waals surface area contributed by atoms with Crippen LogP contribution >= 0.6 is 24.0 Å². The number of halogens is 2. The second-order valence-electron chi connectivity index (χ2n) is 7.32. The smallest absolute Gasteiger partial charge is 0.327 e. The minimum absolute atomic E-state index is 0. The van der Waals surface area contributed by atoms with Gasteiger partial charge in [0.25, 0.3) is 0 Å². The number of ether oxygens (including phenoxy) is 1. The lowest BCUT2D eigenvalue weighted by Crippen LogP contribution is -2.32. The molecule has 2 atom stereocenters. The van der Waals surface area contributed by atoms with E-state index in [1.54, 1.807) is 6.07 Å². The summed E-state index contributed by atoms with van der Waals surface area (Å²) in [6, 6.07) is 6.91. The van der Waals surface area contributed by atoms with E-state index in [-0.39, 0.29) is 18.4 Å². The lowest BCUT2D eigenvalue weighted by molar-refractivity contribution is -0.145. The van der Waals surface area contributed by atoms with Gasteiger partial charge in [-0.2, -0.15) is 0 Å². The fourth-order valence-corrected chi connectivity index (χ4v) is 3.12. The minimum atomic E-state index is -0.509. The van der Waals surface area contributed by atoms with Crippen LogP contribution in [-0.2, 0) is 9.53 Å². The van der Waals surface area contributed by atoms with Crippen molar-refractivity contribution in [3.8, 4) is 0 Å². The van der Waals surface area contributed by atoms with Gasteiger partial charge >= 0.3 is 5.97 Å². The number of hydrogen-bond donors (Lipinski definition) is 1. The zero-order chi connectivity index (χ0) is 17.5. The molecule has 0 radical (unpaired) electrons. The predicted octanol–water partition coefficient (Wildman–Crippen LogP) is 5.42. The number of benzene rings is 1. The molecule has 0 aromatic heterocycles. The van der Waals surface area contributed by atoms with E-state index in [0.29, 0.717) is 23.0 Å². The molecule has 5 heteroatoms. The molecule has 0 spiro atoms. The number of rotatable bonds is 8. The number of esters is 1. The van der Waals surface area contributed by atoms with Crippen LogP contribution in [0.1, 0.15) is 59.1 Å². The molecular formula is C19H31Cl2NO2. The lowest BCUT2D eigenvalue weighted by atomic mass is 9.84. The van der Waals surface area contributed by atoms with Crippen molar-refractivity contribution in [1.29, 1.82) is 0 Å². The Bertz CT molecular complexity index is 500. The van der Waals surface area contributed by atoms with Gasteiger partial charge in [0, 0.05) is 5.02 Å². The largest absolute Gasteiger partial charge is 0.465 e. The monoisotopic (exact) mass is 375 g/mol. The maximum absolute atomic E-state index is 12.3. The summed E-state index contributed by atoms with van der Waals surface area (Å²) in [6.07, 6.45) is 2.17. The molecule has 3 nitrogen and oxygen atoms in total. The quantitative estimate of drug-likeness (QED) is 0.616. The zero-order valence-electron chi connectivity index (χ0n) is 15.4. The molecule has 0 bridgehead atoms. The molecule has 0 saturated carbocycles. The van der Waals surface area contributed by atoms with E-state index >= 15 is 0 Å². The number of hydrogen-bond acceptors (Lipinski definition) is 3. The van der Waals surface area contributed by atoms with Crippen LogP contribution < -0.4 is 5.32 Å². The van der Waals surface area contributed by atoms with Gasteiger partial charge in [-0.25, -0.2) is 4.79 Å². The third-order valence-corrected chi connectivity index (χ3v) is 4.03. The molecule has 0 heterocycles. The Labute approximate surface area is 157 Å². The molecule has 0 aliphatic carbocycles. The van der Waals surface area contributed by atoms with E-state index in [9.17, 15) is 4.79 Å². The van der Waals surface area contributed by atoms with Crippen LogP contribution in [0.5, 0.6) is 0 Å². The van der Waals surface area contributed by atoms with E-state index in [1.165, 1.54) is 0 Å². The summed E-state index contributed by atoms with van der Waals surface area (Å²) in [4.78, 5) is 12.3. The van der Waals surface area contributed by atoms with Crippen LogP contribution in [0.4, 0.5) is 0 Å². The third-order valence-electron chi connectivity index (χ3n) is 3.68. The summed E-state index contributed by atoms with van der Waals surface area (Å²) < 4.78 is 5.19. The maximum atomic E-state index is 12.3. The van der Waals surface area contributed by atoms with Gasteiger partial charge in [-0.1, -0.05) is 57.5 Å². The molecule has 0 amide bonds. The molecule has 0 saturated heterocycles. The van der Waals surface area contributed by atoms with Gasteiger partial charge in [0.05, 0.1) is 6.61 Å². The van der Waals surface area contributed by atoms with Gasteiger partial charge in [0.2, 0.25) is 0 Å². The number of nitrogens with one attached hydrogen (secondary N) is 1. The van der Waals surface area contributed by atoms with Crippen molar-refractivity contribution >= 4 is 30.0 Å². The summed E-state index contributed by atoms with van der Waals surface area (Å²) in [5.74, 6) is 0.320. The normalized spacial score (nSPS) is 13.8. The van der Waals surface area contributed by atoms with E-state index in [4.69, 9.17) is 16.3 Å². The highest BCUT2D eigenvalue weighted by molar-refractivity contribution is 6.31. The van der Waals surface area contributed by atoms with Crippen LogP contribution in [0.25, 0.3) is 0 Å². The van der Waals surface area contributed by atoms with Gasteiger partial charge in [-0.3, -0.25) is 0 Å². The first-order valence-corrected chi connectivity index (χ1v) is 8.77. The Kier molecular flexibility index (Phi) is 10.6. The first-order valence-electron chi connectivity index (χ1n) is 8.39. The Hall–Kier alpha value is -0.770. The van der Waals surface area contributed by atoms with Crippen molar-refractivity contribution in [2.75, 3.05) is 13.2 Å². The Morgan fingerprint density at radius 1 is 1.29 bits per heavy atom. The summed E-state index contributed by atoms with van der Waals surface area (Å²) in [7, 11) is 0. The molecule has 1 aromatic rings. The summed E-state index contributed by atoms with van der Waals surface area (Å²) in [5.41, 5.74) is 1.10. The van der Waals surface area contributed by atoms with Crippen molar-refractivity contribution in [3.63, 3.8) is 0 Å². The minimum Gasteiger partial charge on any atom is -0.465 e. The van der Waals surface area contributed by atoms with Crippen LogP contribution in [-0.4, -0.2) is 19.1 Å². The van der Waals surface area contributed by atoms with Gasteiger partial charge in [-0.05, 0) is 49.3 Å². The third kappa shape index (κ3) is 8.36. The molecule has 1 aromatic carbocycles. The summed E-state index contributed by atoms with van der Waals surface area (Å²) in [5, 5.41) is 3.90. The van der Waals surface area contributed by atoms with Crippen molar-refractivity contribution in [2.45, 2.75) is 53.5 Å². The molecule has 0 aliphatic rings. The number of carbonyl (C=O) groups is 1. The highest BCUT2D eigenvalue weighted by Crippen LogP contribution is 2.27. The number of carbonyl (C=O) groups excluding carboxylic acids is 1. The van der Waals surface area contributed by atoms with Crippen molar-refractivity contribution < 1.29 is 9.53 Å². The van der Waals surface area contributed by atoms with Crippen molar-refractivity contribution in [3.05, 3.63) is 34.9 Å². The van der Waals surface area contributed by atoms with Crippen LogP contribution in [0.2, 0.25) is 5.02 Å². The maximum Gasteiger partial charge on any atom is 0.327 e. The second-order valence-corrected chi connectivity index (χ2v) is 7.73. The molecule has 138 valence electrons. The SMILES string of the molecule is CCOC(=O)C(NCCC(C)CC(C)(C)C)c1ccccc1Cl.Cl. The highest BCUT2D eigenvalue weighted by atomic mass is 35.5. The first-order chi connectivity index (χ1) is 10.7. The van der Waals surface area contributed by atoms with Gasteiger partial charge in [0.15, 0.2) is 0 Å². The van der Waals surface area contributed by atoms with Crippen molar-refractivity contribution in [1.82, 2.24) is 5.32 Å². The molecule has 0 aliphatic heterocycles. The zero-order valence-corrected chi connectivity index (χ0v) is 17.0. The van der Waals surface area contributed by atoms with Gasteiger partial charge in [-0.15, -0.1) is 12.4 Å². The topological polar surface area (TPSA) is 38.3 Å². The highest BCUT2D eigenvalue weighted by Gasteiger charge is 2.24. The average molecular weight is 376 g/mol. The average Bonchev–Trinajstić information content (AvgIpc) is 2.43. The molecule has 0 fully saturated rings. The molecule has 1 N–H and O–H groups in total. The fraction of sp³-hybridized carbons (Fsp3) is 0.632. The van der Waals surface area contributed by atoms with Crippen LogP contribution in [0, 0.1) is 11.3 Å². The van der Waals surface area contributed by atoms with E-state index < -0.39 is 6.04 Å². The van der Waals surface area contributed by atoms with Crippen molar-refractivity contribution in [2.24, 2.45) is 11.3 Å². The second kappa shape index (κ2) is 11.0. The van der Waals surface area contributed by atoms with Crippen LogP contribution in [0.3, 0.4) is 0 Å². The van der Waals surface area contributed by atoms with Crippen LogP contribution in [0.15, 0.2) is 24.3 Å². The van der Waals surface area contributed by atoms with E-state index in [0.717, 1.165) is 24.9 Å². The summed E-state index contributed by atoms with van der Waals surface area (Å²) >= 11 is 6.24. The molecular weight excluding hydrogens is 345 g/mol. The van der Waals surface area contributed by atoms with E-state index in [2.05, 4.69) is 33.0 Å². The van der Waals surface area contributed by atoms with E-state index in [1.807, 2.05) is 25.1 Å². The lowest BCUT2D eigenvalue weighted by Gasteiger charge is -2.24. The van der Waals surface area contributed by atoms with Gasteiger partial charge in [0.1, 0.15) is 6.04 Å². The standard InChI is InChI=1S/C19H30ClNO2.ClH/c1-6-23-18(22)17(15-9-7-8-10-16(15)20)21-12-11-14(2)13-19(3,4)5;/h7-10,14,17,21H,6,11-13H2,1-5H3;1H. The Morgan fingerprint density at radius 3 is 2.46 bits per heavy atom. The summed E-state index contributed by atoms with van der Waals surface area (Å²) in [6.45, 7) is 11.9. The van der Waals surface area contributed by atoms with Gasteiger partial charge < -0.3 is 10.1 Å². The molecule has 1 rings (SSSR count). The molecule has 2 unspecified atom stereocenters. The Morgan fingerprint density at radius 2 is 1.92 bits per heavy atom. The predicted molar refractivity (Wildman–Crippen MR) is 104 cm³/mol. The molecule has 24 heavy (non-hydrogen) atoms.